The van der Waals surface area contributed by atoms with Crippen molar-refractivity contribution in [2.45, 2.75) is 53.7 Å². The van der Waals surface area contributed by atoms with E-state index in [1.165, 1.54) is 16.7 Å². The van der Waals surface area contributed by atoms with Gasteiger partial charge in [0.15, 0.2) is 17.1 Å². The third-order valence-electron chi connectivity index (χ3n) is 8.95. The molecule has 4 heterocycles. The molecule has 0 spiro atoms. The van der Waals surface area contributed by atoms with Gasteiger partial charge in [-0.2, -0.15) is 32.1 Å². The summed E-state index contributed by atoms with van der Waals surface area (Å²) < 4.78 is 78.3. The van der Waals surface area contributed by atoms with Crippen LogP contribution < -0.4 is 5.32 Å². The van der Waals surface area contributed by atoms with Crippen LogP contribution in [0.3, 0.4) is 0 Å². The molecule has 0 unspecified atom stereocenters. The van der Waals surface area contributed by atoms with Crippen LogP contribution in [0.5, 0.6) is 5.75 Å². The maximum Gasteiger partial charge on any atom is 0.416 e. The number of piperazine rings is 1. The number of halogens is 6. The number of nitrogens with one attached hydrogen (secondary N) is 1. The first-order chi connectivity index (χ1) is 27.0. The molecule has 1 fully saturated rings. The van der Waals surface area contributed by atoms with Crippen LogP contribution in [0.1, 0.15) is 59.2 Å². The van der Waals surface area contributed by atoms with Gasteiger partial charge >= 0.3 is 18.7 Å². The van der Waals surface area contributed by atoms with E-state index in [-0.39, 0.29) is 49.1 Å². The average molecular weight is 821 g/mol. The summed E-state index contributed by atoms with van der Waals surface area (Å²) in [4.78, 5) is 52.4. The van der Waals surface area contributed by atoms with Gasteiger partial charge in [-0.15, -0.1) is 0 Å². The second-order valence-electron chi connectivity index (χ2n) is 12.5. The second kappa shape index (κ2) is 17.5. The summed E-state index contributed by atoms with van der Waals surface area (Å²) in [6.45, 7) is 7.08. The maximum absolute atomic E-state index is 14.3. The maximum atomic E-state index is 14.3. The van der Waals surface area contributed by atoms with E-state index in [1.54, 1.807) is 13.0 Å². The average Bonchev–Trinajstić information content (AvgIpc) is 3.65. The number of aromatic nitrogens is 2. The molecule has 0 saturated carbocycles. The molecule has 2 N–H and O–H groups in total. The molecule has 1 aromatic heterocycles. The van der Waals surface area contributed by atoms with Crippen molar-refractivity contribution in [2.75, 3.05) is 38.0 Å². The number of carbonyl (C=O) groups excluding carboxylic acids is 3. The van der Waals surface area contributed by atoms with E-state index in [4.69, 9.17) is 21.1 Å². The van der Waals surface area contributed by atoms with Gasteiger partial charge in [-0.1, -0.05) is 44.2 Å². The van der Waals surface area contributed by atoms with Gasteiger partial charge in [0.1, 0.15) is 18.7 Å². The van der Waals surface area contributed by atoms with Crippen molar-refractivity contribution in [3.05, 3.63) is 105 Å². The van der Waals surface area contributed by atoms with Crippen LogP contribution in [0.2, 0.25) is 5.02 Å². The lowest BCUT2D eigenvalue weighted by atomic mass is 10.0. The summed E-state index contributed by atoms with van der Waals surface area (Å²) in [5.74, 6) is -4.08. The van der Waals surface area contributed by atoms with E-state index < -0.39 is 65.0 Å². The fourth-order valence-corrected chi connectivity index (χ4v) is 6.27. The fraction of sp³-hybridized carbons (Fsp3) is 0.351. The lowest BCUT2D eigenvalue weighted by Gasteiger charge is -2.43. The number of alkyl halides is 5. The number of rotatable bonds is 9. The quantitative estimate of drug-likeness (QED) is 0.192. The van der Waals surface area contributed by atoms with Crippen molar-refractivity contribution in [2.24, 2.45) is 5.10 Å². The molecule has 0 aliphatic carbocycles. The number of ether oxygens (including phenoxy) is 2. The minimum absolute atomic E-state index is 0.0621. The second-order valence-corrected chi connectivity index (χ2v) is 12.9. The smallest absolute Gasteiger partial charge is 0.416 e. The van der Waals surface area contributed by atoms with Crippen LogP contribution in [0.15, 0.2) is 71.8 Å². The number of aryl methyl sites for hydroxylation is 1. The van der Waals surface area contributed by atoms with Gasteiger partial charge in [-0.05, 0) is 54.8 Å². The summed E-state index contributed by atoms with van der Waals surface area (Å²) in [6.07, 6.45) is -3.59. The molecule has 3 aromatic rings. The lowest BCUT2D eigenvalue weighted by molar-refractivity contribution is -0.144. The van der Waals surface area contributed by atoms with Crippen molar-refractivity contribution in [3.63, 3.8) is 0 Å². The molecule has 304 valence electrons. The monoisotopic (exact) mass is 820 g/mol. The summed E-state index contributed by atoms with van der Waals surface area (Å²) in [6, 6.07) is 7.67. The molecule has 0 radical (unpaired) electrons. The number of amides is 3. The zero-order chi connectivity index (χ0) is 41.8. The van der Waals surface area contributed by atoms with Gasteiger partial charge < -0.3 is 29.7 Å². The fourth-order valence-electron chi connectivity index (χ4n) is 6.05. The molecule has 0 bridgehead atoms. The summed E-state index contributed by atoms with van der Waals surface area (Å²) >= 11 is 6.04. The Morgan fingerprint density at radius 3 is 2.40 bits per heavy atom. The molecule has 3 aliphatic rings. The third-order valence-corrected chi connectivity index (χ3v) is 9.26. The van der Waals surface area contributed by atoms with Gasteiger partial charge in [0.2, 0.25) is 11.8 Å². The van der Waals surface area contributed by atoms with Crippen LogP contribution in [-0.4, -0.2) is 97.6 Å². The third kappa shape index (κ3) is 9.26. The number of hydrogen-bond donors (Lipinski definition) is 2. The molecule has 3 amide bonds. The van der Waals surface area contributed by atoms with E-state index in [0.29, 0.717) is 36.6 Å². The topological polar surface area (TPSA) is 153 Å². The van der Waals surface area contributed by atoms with Gasteiger partial charge in [0.25, 0.3) is 5.91 Å². The predicted molar refractivity (Wildman–Crippen MR) is 196 cm³/mol. The van der Waals surface area contributed by atoms with Crippen LogP contribution in [0.25, 0.3) is 0 Å². The summed E-state index contributed by atoms with van der Waals surface area (Å²) in [5.41, 5.74) is 0.993. The van der Waals surface area contributed by atoms with Crippen molar-refractivity contribution in [1.82, 2.24) is 29.7 Å². The van der Waals surface area contributed by atoms with Crippen molar-refractivity contribution in [3.8, 4) is 5.75 Å². The van der Waals surface area contributed by atoms with Gasteiger partial charge in [0.05, 0.1) is 40.9 Å². The normalized spacial score (nSPS) is 16.2. The molecule has 14 nitrogen and oxygen atoms in total. The van der Waals surface area contributed by atoms with Gasteiger partial charge in [-0.3, -0.25) is 19.3 Å². The van der Waals surface area contributed by atoms with E-state index in [9.17, 15) is 41.4 Å². The minimum Gasteiger partial charge on any atom is -0.504 e. The highest BCUT2D eigenvalue weighted by atomic mass is 35.5. The molecular formula is C37H38ClF5N8O6. The number of aromatic hydroxyl groups is 1. The Bertz CT molecular complexity index is 2120. The predicted octanol–water partition coefficient (Wildman–Crippen LogP) is 6.06. The highest BCUT2D eigenvalue weighted by molar-refractivity contribution is 6.33. The number of anilines is 1. The van der Waals surface area contributed by atoms with E-state index in [2.05, 4.69) is 27.0 Å². The first-order valence-corrected chi connectivity index (χ1v) is 17.9. The zero-order valence-electron chi connectivity index (χ0n) is 31.2. The Labute approximate surface area is 328 Å². The number of hydrogen-bond acceptors (Lipinski definition) is 11. The van der Waals surface area contributed by atoms with Crippen LogP contribution in [0.4, 0.5) is 27.6 Å². The molecule has 0 atom stereocenters. The molecule has 6 rings (SSSR count). The van der Waals surface area contributed by atoms with Crippen molar-refractivity contribution in [1.29, 1.82) is 0 Å². The Kier molecular flexibility index (Phi) is 13.0. The van der Waals surface area contributed by atoms with Gasteiger partial charge in [0, 0.05) is 26.2 Å². The summed E-state index contributed by atoms with van der Waals surface area (Å²) in [5, 5.41) is 17.6. The number of carbonyl (C=O) groups is 3. The van der Waals surface area contributed by atoms with Gasteiger partial charge in [-0.25, -0.2) is 9.97 Å². The summed E-state index contributed by atoms with van der Waals surface area (Å²) in [7, 11) is 0. The van der Waals surface area contributed by atoms with E-state index >= 15 is 0 Å². The SMILES string of the molecule is C=C1N(CC(=O)Nc2ccc(C(F)(F)F)cc2Cl)C(OC(F)F)=C(N2CCN(C(=O)c3ncnc(C)c3O)CC2)C(=O)N1/N=C(\C)c1ccc2c(c1)COC2.CC. The van der Waals surface area contributed by atoms with Crippen molar-refractivity contribution < 1.29 is 50.9 Å². The van der Waals surface area contributed by atoms with Crippen LogP contribution >= 0.6 is 11.6 Å². The Hall–Kier alpha value is -5.82. The highest BCUT2D eigenvalue weighted by Crippen LogP contribution is 2.35. The highest BCUT2D eigenvalue weighted by Gasteiger charge is 2.43. The first kappa shape index (κ1) is 42.3. The van der Waals surface area contributed by atoms with E-state index in [1.807, 2.05) is 26.0 Å². The molecule has 57 heavy (non-hydrogen) atoms. The van der Waals surface area contributed by atoms with Crippen molar-refractivity contribution >= 4 is 40.7 Å². The first-order valence-electron chi connectivity index (χ1n) is 17.5. The number of hydrazone groups is 1. The number of benzene rings is 2. The lowest BCUT2D eigenvalue weighted by Crippen LogP contribution is -2.54. The molecule has 20 heteroatoms. The number of nitrogens with zero attached hydrogens (tertiary/aromatic N) is 7. The van der Waals surface area contributed by atoms with Crippen LogP contribution in [0, 0.1) is 6.92 Å². The Balaban J connectivity index is 0.00000305. The largest absolute Gasteiger partial charge is 0.504 e. The zero-order valence-corrected chi connectivity index (χ0v) is 31.9. The molecule has 1 saturated heterocycles. The standard InChI is InChI=1S/C35H32ClF5N8O6.C2H6/c1-18(21-4-5-22-15-54-16-23(22)12-21)45-49-20(3)48(14-27(50)44-26-7-6-24(13-25(26)36)35(39,40)41)33(55-34(37)38)29(32(49)53)46-8-10-47(11-9-46)31(52)28-30(51)19(2)42-17-43-28;1-2/h4-7,12-13,17,34,51H,3,8-11,14-16H2,1-2H3,(H,44,50);1-2H3/b45-18+;. The number of fused-ring (bicyclic) bond motifs is 1. The van der Waals surface area contributed by atoms with E-state index in [0.717, 1.165) is 33.4 Å². The minimum atomic E-state index is -4.71. The molecule has 3 aliphatic heterocycles. The van der Waals surface area contributed by atoms with Crippen LogP contribution in [-0.2, 0) is 38.5 Å². The molecule has 2 aromatic carbocycles. The Morgan fingerprint density at radius 1 is 1.07 bits per heavy atom. The Morgan fingerprint density at radius 2 is 1.75 bits per heavy atom. The molecular weight excluding hydrogens is 783 g/mol.